The van der Waals surface area contributed by atoms with Crippen LogP contribution < -0.4 is 11.3 Å². The van der Waals surface area contributed by atoms with Crippen LogP contribution in [0.1, 0.15) is 42.8 Å². The van der Waals surface area contributed by atoms with Gasteiger partial charge in [-0.05, 0) is 37.4 Å². The van der Waals surface area contributed by atoms with Crippen LogP contribution >= 0.6 is 0 Å². The summed E-state index contributed by atoms with van der Waals surface area (Å²) in [5, 5.41) is 0. The Hall–Kier alpha value is -1.33. The summed E-state index contributed by atoms with van der Waals surface area (Å²) in [6, 6.07) is 1.75. The molecule has 18 heavy (non-hydrogen) atoms. The van der Waals surface area contributed by atoms with E-state index in [0.29, 0.717) is 11.0 Å². The molecule has 2 rings (SSSR count). The number of rotatable bonds is 3. The third kappa shape index (κ3) is 3.11. The van der Waals surface area contributed by atoms with E-state index in [2.05, 4.69) is 24.2 Å². The molecular weight excluding hydrogens is 230 g/mol. The highest BCUT2D eigenvalue weighted by Gasteiger charge is 2.25. The van der Waals surface area contributed by atoms with E-state index in [1.54, 1.807) is 6.07 Å². The molecule has 1 aliphatic heterocycles. The van der Waals surface area contributed by atoms with Gasteiger partial charge in [-0.3, -0.25) is 15.1 Å². The Bertz CT molecular complexity index is 416. The third-order valence-corrected chi connectivity index (χ3v) is 3.64. The minimum Gasteiger partial charge on any atom is -0.467 e. The van der Waals surface area contributed by atoms with Gasteiger partial charge < -0.3 is 4.42 Å². The van der Waals surface area contributed by atoms with Crippen LogP contribution in [0.4, 0.5) is 0 Å². The van der Waals surface area contributed by atoms with Gasteiger partial charge in [-0.15, -0.1) is 0 Å². The zero-order chi connectivity index (χ0) is 13.2. The lowest BCUT2D eigenvalue weighted by Gasteiger charge is -2.36. The van der Waals surface area contributed by atoms with E-state index < -0.39 is 0 Å². The topological polar surface area (TPSA) is 71.5 Å². The molecule has 2 heterocycles. The second-order valence-corrected chi connectivity index (χ2v) is 5.72. The van der Waals surface area contributed by atoms with Gasteiger partial charge in [-0.25, -0.2) is 5.84 Å². The van der Waals surface area contributed by atoms with Gasteiger partial charge in [0.15, 0.2) is 0 Å². The molecule has 100 valence electrons. The number of likely N-dealkylation sites (tertiary alicyclic amines) is 1. The number of amides is 1. The van der Waals surface area contributed by atoms with Crippen molar-refractivity contribution < 1.29 is 9.21 Å². The smallest absolute Gasteiger partial charge is 0.268 e. The maximum Gasteiger partial charge on any atom is 0.268 e. The van der Waals surface area contributed by atoms with Crippen LogP contribution in [0.3, 0.4) is 0 Å². The summed E-state index contributed by atoms with van der Waals surface area (Å²) >= 11 is 0. The minimum atomic E-state index is -0.315. The van der Waals surface area contributed by atoms with Crippen LogP contribution in [-0.4, -0.2) is 23.9 Å². The fourth-order valence-corrected chi connectivity index (χ4v) is 2.20. The molecule has 5 nitrogen and oxygen atoms in total. The maximum absolute atomic E-state index is 11.3. The van der Waals surface area contributed by atoms with Crippen molar-refractivity contribution >= 4 is 5.91 Å². The van der Waals surface area contributed by atoms with Gasteiger partial charge in [0.25, 0.3) is 5.91 Å². The normalized spacial score (nSPS) is 19.7. The van der Waals surface area contributed by atoms with Gasteiger partial charge in [-0.2, -0.15) is 0 Å². The number of piperidine rings is 1. The molecule has 1 saturated heterocycles. The molecule has 5 heteroatoms. The summed E-state index contributed by atoms with van der Waals surface area (Å²) in [4.78, 5) is 13.6. The predicted molar refractivity (Wildman–Crippen MR) is 68.7 cm³/mol. The highest BCUT2D eigenvalue weighted by molar-refractivity contribution is 5.93. The van der Waals surface area contributed by atoms with Gasteiger partial charge in [0.2, 0.25) is 0 Å². The van der Waals surface area contributed by atoms with Crippen molar-refractivity contribution in [3.05, 3.63) is 23.7 Å². The van der Waals surface area contributed by atoms with E-state index in [1.165, 1.54) is 19.1 Å². The second-order valence-electron chi connectivity index (χ2n) is 5.72. The summed E-state index contributed by atoms with van der Waals surface area (Å²) in [6.07, 6.45) is 3.85. The van der Waals surface area contributed by atoms with E-state index >= 15 is 0 Å². The molecule has 1 aromatic rings. The van der Waals surface area contributed by atoms with Crippen molar-refractivity contribution in [2.75, 3.05) is 13.1 Å². The summed E-state index contributed by atoms with van der Waals surface area (Å²) in [7, 11) is 0. The van der Waals surface area contributed by atoms with Crippen LogP contribution in [0.5, 0.6) is 0 Å². The fourth-order valence-electron chi connectivity index (χ4n) is 2.20. The number of hydrazine groups is 1. The minimum absolute atomic E-state index is 0.315. The molecule has 1 fully saturated rings. The average Bonchev–Trinajstić information content (AvgIpc) is 2.79. The first-order valence-electron chi connectivity index (χ1n) is 6.31. The van der Waals surface area contributed by atoms with Gasteiger partial charge in [0, 0.05) is 0 Å². The lowest BCUT2D eigenvalue weighted by atomic mass is 9.83. The third-order valence-electron chi connectivity index (χ3n) is 3.64. The van der Waals surface area contributed by atoms with Crippen molar-refractivity contribution in [1.82, 2.24) is 10.3 Å². The van der Waals surface area contributed by atoms with E-state index in [9.17, 15) is 4.79 Å². The second kappa shape index (κ2) is 5.12. The SMILES string of the molecule is CC1(C)CCN(Cc2cc(C(=O)NN)co2)CC1. The number of hydrogen-bond acceptors (Lipinski definition) is 4. The lowest BCUT2D eigenvalue weighted by Crippen LogP contribution is -2.36. The lowest BCUT2D eigenvalue weighted by molar-refractivity contribution is 0.0953. The van der Waals surface area contributed by atoms with E-state index in [0.717, 1.165) is 25.4 Å². The van der Waals surface area contributed by atoms with Crippen molar-refractivity contribution in [1.29, 1.82) is 0 Å². The molecule has 1 aromatic heterocycles. The van der Waals surface area contributed by atoms with Crippen molar-refractivity contribution in [2.24, 2.45) is 11.3 Å². The maximum atomic E-state index is 11.3. The zero-order valence-corrected chi connectivity index (χ0v) is 11.0. The number of nitrogens with zero attached hydrogens (tertiary/aromatic N) is 1. The molecule has 3 N–H and O–H groups in total. The molecule has 0 unspecified atom stereocenters. The van der Waals surface area contributed by atoms with Crippen LogP contribution in [0, 0.1) is 5.41 Å². The quantitative estimate of drug-likeness (QED) is 0.485. The molecule has 0 saturated carbocycles. The molecule has 1 aliphatic rings. The summed E-state index contributed by atoms with van der Waals surface area (Å²) in [5.41, 5.74) is 3.02. The van der Waals surface area contributed by atoms with E-state index in [1.807, 2.05) is 0 Å². The number of hydrogen-bond donors (Lipinski definition) is 2. The van der Waals surface area contributed by atoms with E-state index in [4.69, 9.17) is 10.3 Å². The first-order chi connectivity index (χ1) is 8.50. The van der Waals surface area contributed by atoms with Crippen LogP contribution in [0.2, 0.25) is 0 Å². The molecule has 0 aliphatic carbocycles. The highest BCUT2D eigenvalue weighted by Crippen LogP contribution is 2.30. The van der Waals surface area contributed by atoms with Crippen molar-refractivity contribution in [3.63, 3.8) is 0 Å². The van der Waals surface area contributed by atoms with Crippen LogP contribution in [0.25, 0.3) is 0 Å². The Morgan fingerprint density at radius 3 is 2.78 bits per heavy atom. The molecule has 0 spiro atoms. The predicted octanol–water partition coefficient (Wildman–Crippen LogP) is 1.51. The van der Waals surface area contributed by atoms with Crippen LogP contribution in [0.15, 0.2) is 16.7 Å². The largest absolute Gasteiger partial charge is 0.467 e. The summed E-state index contributed by atoms with van der Waals surface area (Å²) in [5.74, 6) is 5.57. The molecule has 1 amide bonds. The number of carbonyl (C=O) groups is 1. The average molecular weight is 251 g/mol. The Kier molecular flexibility index (Phi) is 3.73. The Balaban J connectivity index is 1.90. The molecule has 0 radical (unpaired) electrons. The molecule has 0 bridgehead atoms. The van der Waals surface area contributed by atoms with Crippen molar-refractivity contribution in [3.8, 4) is 0 Å². The summed E-state index contributed by atoms with van der Waals surface area (Å²) in [6.45, 7) is 7.52. The van der Waals surface area contributed by atoms with Gasteiger partial charge in [0.05, 0.1) is 12.1 Å². The fraction of sp³-hybridized carbons (Fsp3) is 0.615. The monoisotopic (exact) mass is 251 g/mol. The zero-order valence-electron chi connectivity index (χ0n) is 11.0. The molecule has 0 aromatic carbocycles. The number of furan rings is 1. The van der Waals surface area contributed by atoms with Gasteiger partial charge in [-0.1, -0.05) is 13.8 Å². The number of nitrogens with one attached hydrogen (secondary N) is 1. The Labute approximate surface area is 107 Å². The first kappa shape index (κ1) is 13.1. The Morgan fingerprint density at radius 2 is 2.17 bits per heavy atom. The molecular formula is C13H21N3O2. The highest BCUT2D eigenvalue weighted by atomic mass is 16.3. The standard InChI is InChI=1S/C13H21N3O2/c1-13(2)3-5-16(6-4-13)8-11-7-10(9-18-11)12(17)15-14/h7,9H,3-6,8,14H2,1-2H3,(H,15,17). The Morgan fingerprint density at radius 1 is 1.50 bits per heavy atom. The van der Waals surface area contributed by atoms with Gasteiger partial charge >= 0.3 is 0 Å². The van der Waals surface area contributed by atoms with Crippen molar-refractivity contribution in [2.45, 2.75) is 33.2 Å². The first-order valence-corrected chi connectivity index (χ1v) is 6.31. The number of carbonyl (C=O) groups excluding carboxylic acids is 1. The van der Waals surface area contributed by atoms with Gasteiger partial charge in [0.1, 0.15) is 12.0 Å². The number of nitrogen functional groups attached to an aromatic ring is 1. The van der Waals surface area contributed by atoms with Crippen LogP contribution in [-0.2, 0) is 6.54 Å². The summed E-state index contributed by atoms with van der Waals surface area (Å²) < 4.78 is 5.38. The van der Waals surface area contributed by atoms with E-state index in [-0.39, 0.29) is 5.91 Å². The number of nitrogens with two attached hydrogens (primary N) is 1. The molecule has 0 atom stereocenters.